The molecule has 1 aromatic rings. The average molecular weight is 313 g/mol. The van der Waals surface area contributed by atoms with Gasteiger partial charge in [-0.15, -0.1) is 11.3 Å². The minimum Gasteiger partial charge on any atom is -0.461 e. The summed E-state index contributed by atoms with van der Waals surface area (Å²) in [5, 5.41) is 10.7. The number of aryl methyl sites for hydroxylation is 1. The fraction of sp³-hybridized carbons (Fsp3) is 0.714. The Bertz CT molecular complexity index is 504. The van der Waals surface area contributed by atoms with Crippen LogP contribution in [-0.4, -0.2) is 66.9 Å². The van der Waals surface area contributed by atoms with Gasteiger partial charge in [-0.2, -0.15) is 0 Å². The van der Waals surface area contributed by atoms with Gasteiger partial charge in [0.2, 0.25) is 0 Å². The lowest BCUT2D eigenvalue weighted by molar-refractivity contribution is 0.0519. The van der Waals surface area contributed by atoms with Crippen molar-refractivity contribution in [2.24, 2.45) is 0 Å². The Labute approximate surface area is 129 Å². The van der Waals surface area contributed by atoms with Crippen molar-refractivity contribution in [2.45, 2.75) is 32.4 Å². The molecule has 7 heteroatoms. The first-order valence-electron chi connectivity index (χ1n) is 7.16. The van der Waals surface area contributed by atoms with Crippen LogP contribution in [0.15, 0.2) is 0 Å². The second-order valence-corrected chi connectivity index (χ2v) is 6.76. The van der Waals surface area contributed by atoms with Crippen molar-refractivity contribution in [1.82, 2.24) is 9.88 Å². The third-order valence-corrected chi connectivity index (χ3v) is 4.48. The Morgan fingerprint density at radius 3 is 2.90 bits per heavy atom. The Morgan fingerprint density at radius 1 is 1.57 bits per heavy atom. The smallest absolute Gasteiger partial charge is 0.358 e. The first-order chi connectivity index (χ1) is 9.92. The summed E-state index contributed by atoms with van der Waals surface area (Å²) in [6, 6.07) is 0.218. The van der Waals surface area contributed by atoms with Crippen molar-refractivity contribution in [3.05, 3.63) is 10.6 Å². The number of esters is 1. The number of aromatic nitrogens is 1. The summed E-state index contributed by atoms with van der Waals surface area (Å²) in [5.74, 6) is -0.374. The van der Waals surface area contributed by atoms with Crippen LogP contribution in [0, 0.1) is 6.92 Å². The Balaban J connectivity index is 2.20. The van der Waals surface area contributed by atoms with Gasteiger partial charge in [-0.25, -0.2) is 9.78 Å². The van der Waals surface area contributed by atoms with E-state index in [4.69, 9.17) is 4.74 Å². The molecule has 6 nitrogen and oxygen atoms in total. The number of carbonyl (C=O) groups is 1. The molecule has 2 unspecified atom stereocenters. The molecule has 0 amide bonds. The van der Waals surface area contributed by atoms with Gasteiger partial charge in [0, 0.05) is 24.0 Å². The van der Waals surface area contributed by atoms with E-state index in [-0.39, 0.29) is 18.1 Å². The van der Waals surface area contributed by atoms with Crippen LogP contribution in [0.2, 0.25) is 0 Å². The summed E-state index contributed by atoms with van der Waals surface area (Å²) in [6.45, 7) is 5.42. The number of rotatable bonds is 5. The van der Waals surface area contributed by atoms with Crippen LogP contribution >= 0.6 is 11.3 Å². The number of anilines is 1. The molecule has 2 atom stereocenters. The number of likely N-dealkylation sites (N-methyl/N-ethyl adjacent to an activating group) is 1. The van der Waals surface area contributed by atoms with Crippen molar-refractivity contribution in [3.8, 4) is 0 Å². The van der Waals surface area contributed by atoms with E-state index in [9.17, 15) is 9.90 Å². The van der Waals surface area contributed by atoms with Crippen LogP contribution in [0.5, 0.6) is 0 Å². The van der Waals surface area contributed by atoms with Crippen molar-refractivity contribution >= 4 is 22.4 Å². The molecule has 0 radical (unpaired) electrons. The van der Waals surface area contributed by atoms with Gasteiger partial charge in [-0.3, -0.25) is 0 Å². The lowest BCUT2D eigenvalue weighted by atomic mass is 10.2. The van der Waals surface area contributed by atoms with Crippen LogP contribution in [0.3, 0.4) is 0 Å². The van der Waals surface area contributed by atoms with E-state index in [2.05, 4.69) is 14.8 Å². The Hall–Kier alpha value is -1.18. The van der Waals surface area contributed by atoms with Gasteiger partial charge < -0.3 is 19.6 Å². The molecule has 2 rings (SSSR count). The van der Waals surface area contributed by atoms with Crippen LogP contribution in [0.1, 0.15) is 28.7 Å². The largest absolute Gasteiger partial charge is 0.461 e. The molecule has 21 heavy (non-hydrogen) atoms. The topological polar surface area (TPSA) is 65.9 Å². The van der Waals surface area contributed by atoms with Gasteiger partial charge in [-0.05, 0) is 34.4 Å². The molecule has 0 aliphatic carbocycles. The van der Waals surface area contributed by atoms with Gasteiger partial charge in [0.05, 0.1) is 12.7 Å². The molecule has 0 aromatic carbocycles. The Kier molecular flexibility index (Phi) is 5.18. The molecular weight excluding hydrogens is 290 g/mol. The van der Waals surface area contributed by atoms with E-state index in [0.717, 1.165) is 23.0 Å². The molecule has 0 saturated carbocycles. The maximum atomic E-state index is 11.9. The van der Waals surface area contributed by atoms with Crippen LogP contribution in [0.25, 0.3) is 0 Å². The van der Waals surface area contributed by atoms with Crippen molar-refractivity contribution in [2.75, 3.05) is 38.7 Å². The number of aliphatic hydroxyl groups is 1. The normalized spacial score (nSPS) is 22.1. The van der Waals surface area contributed by atoms with Crippen molar-refractivity contribution in [1.29, 1.82) is 0 Å². The van der Waals surface area contributed by atoms with E-state index in [1.807, 2.05) is 21.0 Å². The molecule has 1 N–H and O–H groups in total. The highest BCUT2D eigenvalue weighted by Crippen LogP contribution is 2.32. The monoisotopic (exact) mass is 313 g/mol. The third-order valence-electron chi connectivity index (χ3n) is 3.47. The van der Waals surface area contributed by atoms with E-state index in [1.165, 1.54) is 11.3 Å². The predicted molar refractivity (Wildman–Crippen MR) is 83.1 cm³/mol. The van der Waals surface area contributed by atoms with Gasteiger partial charge in [-0.1, -0.05) is 0 Å². The third kappa shape index (κ3) is 3.72. The summed E-state index contributed by atoms with van der Waals surface area (Å²) >= 11 is 1.48. The first kappa shape index (κ1) is 16.2. The SMILES string of the molecule is CCOC(=O)c1nc(N2CC(O)CC2CN(C)C)sc1C. The fourth-order valence-corrected chi connectivity index (χ4v) is 3.59. The van der Waals surface area contributed by atoms with Gasteiger partial charge >= 0.3 is 5.97 Å². The molecular formula is C14H23N3O3S. The number of thiazole rings is 1. The molecule has 0 bridgehead atoms. The summed E-state index contributed by atoms with van der Waals surface area (Å²) in [4.78, 5) is 21.4. The van der Waals surface area contributed by atoms with Gasteiger partial charge in [0.25, 0.3) is 0 Å². The minimum absolute atomic E-state index is 0.218. The minimum atomic E-state index is -0.374. The van der Waals surface area contributed by atoms with Crippen molar-refractivity contribution < 1.29 is 14.6 Å². The average Bonchev–Trinajstić information content (AvgIpc) is 2.92. The summed E-state index contributed by atoms with van der Waals surface area (Å²) in [5.41, 5.74) is 0.391. The molecule has 118 valence electrons. The number of nitrogens with zero attached hydrogens (tertiary/aromatic N) is 3. The number of β-amino-alcohol motifs (C(OH)–C–C–N with tert-alkyl or cyclic N) is 1. The zero-order valence-corrected chi connectivity index (χ0v) is 13.8. The van der Waals surface area contributed by atoms with E-state index in [0.29, 0.717) is 18.8 Å². The maximum Gasteiger partial charge on any atom is 0.358 e. The number of ether oxygens (including phenoxy) is 1. The molecule has 0 spiro atoms. The molecule has 1 aromatic heterocycles. The van der Waals surface area contributed by atoms with Crippen LogP contribution in [-0.2, 0) is 4.74 Å². The first-order valence-corrected chi connectivity index (χ1v) is 7.98. The highest BCUT2D eigenvalue weighted by atomic mass is 32.1. The van der Waals surface area contributed by atoms with E-state index >= 15 is 0 Å². The van der Waals surface area contributed by atoms with Crippen molar-refractivity contribution in [3.63, 3.8) is 0 Å². The second-order valence-electron chi connectivity index (χ2n) is 5.58. The lowest BCUT2D eigenvalue weighted by Gasteiger charge is -2.26. The standard InChI is InChI=1S/C14H23N3O3S/c1-5-20-13(19)12-9(2)21-14(15-12)17-8-11(18)6-10(17)7-16(3)4/h10-11,18H,5-8H2,1-4H3. The maximum absolute atomic E-state index is 11.9. The molecule has 1 saturated heterocycles. The molecule has 1 fully saturated rings. The highest BCUT2D eigenvalue weighted by Gasteiger charge is 2.34. The van der Waals surface area contributed by atoms with Crippen LogP contribution < -0.4 is 4.90 Å². The summed E-state index contributed by atoms with van der Waals surface area (Å²) in [7, 11) is 4.03. The second kappa shape index (κ2) is 6.72. The number of hydrogen-bond donors (Lipinski definition) is 1. The zero-order valence-electron chi connectivity index (χ0n) is 13.0. The Morgan fingerprint density at radius 2 is 2.29 bits per heavy atom. The highest BCUT2D eigenvalue weighted by molar-refractivity contribution is 7.15. The van der Waals surface area contributed by atoms with E-state index in [1.54, 1.807) is 6.92 Å². The van der Waals surface area contributed by atoms with Gasteiger partial charge in [0.1, 0.15) is 0 Å². The van der Waals surface area contributed by atoms with E-state index < -0.39 is 0 Å². The van der Waals surface area contributed by atoms with Gasteiger partial charge in [0.15, 0.2) is 10.8 Å². The fourth-order valence-electron chi connectivity index (χ4n) is 2.61. The summed E-state index contributed by atoms with van der Waals surface area (Å²) < 4.78 is 5.03. The molecule has 1 aliphatic heterocycles. The quantitative estimate of drug-likeness (QED) is 0.822. The van der Waals surface area contributed by atoms with Crippen LogP contribution in [0.4, 0.5) is 5.13 Å². The predicted octanol–water partition coefficient (Wildman–Crippen LogP) is 1.13. The zero-order chi connectivity index (χ0) is 15.6. The summed E-state index contributed by atoms with van der Waals surface area (Å²) in [6.07, 6.45) is 0.385. The number of carbonyl (C=O) groups excluding carboxylic acids is 1. The number of hydrogen-bond acceptors (Lipinski definition) is 7. The molecule has 2 heterocycles. The molecule has 1 aliphatic rings. The number of aliphatic hydroxyl groups excluding tert-OH is 1. The lowest BCUT2D eigenvalue weighted by Crippen LogP contribution is -2.37.